The highest BCUT2D eigenvalue weighted by molar-refractivity contribution is 7.15. The van der Waals surface area contributed by atoms with E-state index in [-0.39, 0.29) is 0 Å². The van der Waals surface area contributed by atoms with Crippen molar-refractivity contribution < 1.29 is 19.0 Å². The number of carbonyl (C=O) groups is 1. The van der Waals surface area contributed by atoms with Crippen molar-refractivity contribution in [2.75, 3.05) is 20.3 Å². The van der Waals surface area contributed by atoms with Gasteiger partial charge in [-0.15, -0.1) is 11.3 Å². The molecule has 0 radical (unpaired) electrons. The molecule has 0 atom stereocenters. The maximum atomic E-state index is 12.6. The molecular formula is C29H29ClN2O4S. The average molecular weight is 537 g/mol. The van der Waals surface area contributed by atoms with Gasteiger partial charge in [-0.1, -0.05) is 35.9 Å². The van der Waals surface area contributed by atoms with Crippen molar-refractivity contribution in [2.45, 2.75) is 26.8 Å². The second-order valence-electron chi connectivity index (χ2n) is 8.33. The predicted molar refractivity (Wildman–Crippen MR) is 148 cm³/mol. The summed E-state index contributed by atoms with van der Waals surface area (Å²) >= 11 is 7.67. The van der Waals surface area contributed by atoms with Crippen LogP contribution >= 0.6 is 22.9 Å². The van der Waals surface area contributed by atoms with Gasteiger partial charge in [0.05, 0.1) is 19.4 Å². The number of hydrogen-bond donors (Lipinski definition) is 0. The number of methoxy groups -OCH3 is 1. The Kier molecular flexibility index (Phi) is 9.04. The second kappa shape index (κ2) is 12.6. The van der Waals surface area contributed by atoms with E-state index in [9.17, 15) is 4.79 Å². The molecule has 0 aliphatic rings. The number of halogens is 1. The molecule has 0 unspecified atom stereocenters. The predicted octanol–water partition coefficient (Wildman–Crippen LogP) is 7.42. The number of rotatable bonds is 10. The van der Waals surface area contributed by atoms with Crippen LogP contribution in [0.3, 0.4) is 0 Å². The molecule has 4 rings (SSSR count). The Balaban J connectivity index is 1.28. The van der Waals surface area contributed by atoms with Crippen molar-refractivity contribution in [3.63, 3.8) is 0 Å². The molecule has 8 heteroatoms. The molecule has 6 nitrogen and oxygen atoms in total. The Labute approximate surface area is 226 Å². The summed E-state index contributed by atoms with van der Waals surface area (Å²) in [7, 11) is 1.59. The largest absolute Gasteiger partial charge is 0.497 e. The zero-order valence-electron chi connectivity index (χ0n) is 21.1. The first kappa shape index (κ1) is 26.5. The van der Waals surface area contributed by atoms with Crippen molar-refractivity contribution >= 4 is 29.0 Å². The number of nitrogens with zero attached hydrogens (tertiary/aromatic N) is 2. The molecule has 0 fully saturated rings. The highest BCUT2D eigenvalue weighted by Crippen LogP contribution is 2.29. The van der Waals surface area contributed by atoms with Crippen LogP contribution in [-0.2, 0) is 13.0 Å². The van der Waals surface area contributed by atoms with E-state index in [4.69, 9.17) is 30.8 Å². The normalized spacial score (nSPS) is 10.7. The van der Waals surface area contributed by atoms with Crippen molar-refractivity contribution in [3.05, 3.63) is 94.0 Å². The monoisotopic (exact) mass is 536 g/mol. The van der Waals surface area contributed by atoms with Gasteiger partial charge in [0, 0.05) is 35.0 Å². The lowest BCUT2D eigenvalue weighted by molar-refractivity contribution is 0.152. The Morgan fingerprint density at radius 3 is 2.24 bits per heavy atom. The van der Waals surface area contributed by atoms with Gasteiger partial charge >= 0.3 is 6.09 Å². The van der Waals surface area contributed by atoms with Gasteiger partial charge in [-0.05, 0) is 67.9 Å². The number of aryl methyl sites for hydroxylation is 1. The van der Waals surface area contributed by atoms with Crippen LogP contribution in [0.2, 0.25) is 5.02 Å². The summed E-state index contributed by atoms with van der Waals surface area (Å²) in [5.74, 6) is 1.96. The summed E-state index contributed by atoms with van der Waals surface area (Å²) in [5.41, 5.74) is 3.10. The van der Waals surface area contributed by atoms with Gasteiger partial charge in [-0.25, -0.2) is 9.78 Å². The molecule has 4 aromatic rings. The second-order valence-corrected chi connectivity index (χ2v) is 9.97. The molecule has 0 N–H and O–H groups in total. The molecule has 1 aromatic heterocycles. The number of aromatic nitrogens is 1. The van der Waals surface area contributed by atoms with E-state index in [0.29, 0.717) is 36.2 Å². The SMILES string of the molecule is CCN(Cc1ccc(OCCc2nc(-c3ccc(Cl)cc3)sc2C)cc1)C(=O)Oc1ccc(OC)cc1. The third kappa shape index (κ3) is 7.24. The van der Waals surface area contributed by atoms with Crippen LogP contribution in [0.25, 0.3) is 10.6 Å². The zero-order chi connectivity index (χ0) is 26.2. The molecule has 0 saturated carbocycles. The molecule has 1 heterocycles. The first-order chi connectivity index (χ1) is 17.9. The van der Waals surface area contributed by atoms with E-state index in [1.165, 1.54) is 4.88 Å². The summed E-state index contributed by atoms with van der Waals surface area (Å²) in [6, 6.07) is 22.4. The number of hydrogen-bond acceptors (Lipinski definition) is 6. The van der Waals surface area contributed by atoms with E-state index >= 15 is 0 Å². The fraction of sp³-hybridized carbons (Fsp3) is 0.241. The van der Waals surface area contributed by atoms with Crippen LogP contribution in [-0.4, -0.2) is 36.2 Å². The molecule has 37 heavy (non-hydrogen) atoms. The van der Waals surface area contributed by atoms with Crippen LogP contribution in [0.1, 0.15) is 23.1 Å². The number of thiazole rings is 1. The van der Waals surface area contributed by atoms with Crippen LogP contribution < -0.4 is 14.2 Å². The highest BCUT2D eigenvalue weighted by atomic mass is 35.5. The molecule has 0 saturated heterocycles. The van der Waals surface area contributed by atoms with Crippen molar-refractivity contribution in [2.24, 2.45) is 0 Å². The van der Waals surface area contributed by atoms with Crippen molar-refractivity contribution in [1.82, 2.24) is 9.88 Å². The third-order valence-electron chi connectivity index (χ3n) is 5.79. The van der Waals surface area contributed by atoms with Crippen LogP contribution in [0, 0.1) is 6.92 Å². The number of ether oxygens (including phenoxy) is 3. The summed E-state index contributed by atoms with van der Waals surface area (Å²) in [6.45, 7) is 5.50. The van der Waals surface area contributed by atoms with Crippen LogP contribution in [0.4, 0.5) is 4.79 Å². The highest BCUT2D eigenvalue weighted by Gasteiger charge is 2.15. The van der Waals surface area contributed by atoms with Crippen molar-refractivity contribution in [3.8, 4) is 27.8 Å². The van der Waals surface area contributed by atoms with E-state index in [1.54, 1.807) is 47.6 Å². The van der Waals surface area contributed by atoms with Gasteiger partial charge in [0.1, 0.15) is 22.3 Å². The van der Waals surface area contributed by atoms with E-state index in [0.717, 1.165) is 34.0 Å². The maximum Gasteiger partial charge on any atom is 0.415 e. The van der Waals surface area contributed by atoms with E-state index < -0.39 is 6.09 Å². The van der Waals surface area contributed by atoms with Gasteiger partial charge in [-0.3, -0.25) is 0 Å². The standard InChI is InChI=1S/C29H29ClN2O4S/c1-4-32(29(33)36-26-15-13-24(34-3)14-16-26)19-21-5-11-25(12-6-21)35-18-17-27-20(2)37-28(31-27)22-7-9-23(30)10-8-22/h5-16H,4,17-19H2,1-3H3. The topological polar surface area (TPSA) is 60.9 Å². The molecule has 0 bridgehead atoms. The minimum atomic E-state index is -0.399. The lowest BCUT2D eigenvalue weighted by Gasteiger charge is -2.20. The lowest BCUT2D eigenvalue weighted by Crippen LogP contribution is -2.32. The minimum Gasteiger partial charge on any atom is -0.497 e. The molecule has 192 valence electrons. The fourth-order valence-electron chi connectivity index (χ4n) is 3.67. The van der Waals surface area contributed by atoms with Gasteiger partial charge in [0.25, 0.3) is 0 Å². The summed E-state index contributed by atoms with van der Waals surface area (Å²) < 4.78 is 16.6. The number of carbonyl (C=O) groups excluding carboxylic acids is 1. The molecule has 0 aliphatic heterocycles. The van der Waals surface area contributed by atoms with Gasteiger partial charge in [0.15, 0.2) is 0 Å². The number of benzene rings is 3. The first-order valence-electron chi connectivity index (χ1n) is 12.0. The van der Waals surface area contributed by atoms with Crippen LogP contribution in [0.15, 0.2) is 72.8 Å². The smallest absolute Gasteiger partial charge is 0.415 e. The van der Waals surface area contributed by atoms with Crippen molar-refractivity contribution in [1.29, 1.82) is 0 Å². The number of amides is 1. The van der Waals surface area contributed by atoms with E-state index in [2.05, 4.69) is 6.92 Å². The van der Waals surface area contributed by atoms with E-state index in [1.807, 2.05) is 55.5 Å². The minimum absolute atomic E-state index is 0.399. The Hall–Kier alpha value is -3.55. The molecular weight excluding hydrogens is 508 g/mol. The first-order valence-corrected chi connectivity index (χ1v) is 13.2. The third-order valence-corrected chi connectivity index (χ3v) is 7.11. The summed E-state index contributed by atoms with van der Waals surface area (Å²) in [4.78, 5) is 20.2. The molecule has 1 amide bonds. The Morgan fingerprint density at radius 1 is 0.946 bits per heavy atom. The zero-order valence-corrected chi connectivity index (χ0v) is 22.6. The van der Waals surface area contributed by atoms with Gasteiger partial charge in [0.2, 0.25) is 0 Å². The fourth-order valence-corrected chi connectivity index (χ4v) is 4.76. The lowest BCUT2D eigenvalue weighted by atomic mass is 10.2. The average Bonchev–Trinajstić information content (AvgIpc) is 3.29. The van der Waals surface area contributed by atoms with Gasteiger partial charge in [-0.2, -0.15) is 0 Å². The summed E-state index contributed by atoms with van der Waals surface area (Å²) in [5, 5.41) is 1.70. The summed E-state index contributed by atoms with van der Waals surface area (Å²) in [6.07, 6.45) is 0.322. The molecule has 0 aliphatic carbocycles. The Bertz CT molecular complexity index is 1310. The molecule has 3 aromatic carbocycles. The quantitative estimate of drug-likeness (QED) is 0.211. The molecule has 0 spiro atoms. The van der Waals surface area contributed by atoms with Crippen LogP contribution in [0.5, 0.6) is 17.2 Å². The van der Waals surface area contributed by atoms with Gasteiger partial charge < -0.3 is 19.1 Å². The Morgan fingerprint density at radius 2 is 1.59 bits per heavy atom. The maximum absolute atomic E-state index is 12.6.